The number of hydrogen-bond donors (Lipinski definition) is 2. The Kier molecular flexibility index (Phi) is 7.84. The summed E-state index contributed by atoms with van der Waals surface area (Å²) >= 11 is 0. The van der Waals surface area contributed by atoms with Crippen LogP contribution in [0.15, 0.2) is 72.9 Å². The molecule has 36 heavy (non-hydrogen) atoms. The Morgan fingerprint density at radius 1 is 1.00 bits per heavy atom. The highest BCUT2D eigenvalue weighted by Gasteiger charge is 2.40. The van der Waals surface area contributed by atoms with E-state index in [-0.39, 0.29) is 5.91 Å². The number of pyridine rings is 1. The lowest BCUT2D eigenvalue weighted by Crippen LogP contribution is -2.40. The second-order valence-electron chi connectivity index (χ2n) is 9.75. The van der Waals surface area contributed by atoms with Gasteiger partial charge in [-0.1, -0.05) is 49.6 Å². The van der Waals surface area contributed by atoms with Crippen molar-refractivity contribution in [1.29, 1.82) is 0 Å². The van der Waals surface area contributed by atoms with Crippen LogP contribution in [0.4, 0.5) is 11.4 Å². The van der Waals surface area contributed by atoms with Crippen LogP contribution in [-0.2, 0) is 16.0 Å². The van der Waals surface area contributed by atoms with Crippen LogP contribution in [0.5, 0.6) is 0 Å². The van der Waals surface area contributed by atoms with Crippen molar-refractivity contribution in [2.24, 2.45) is 5.41 Å². The molecule has 1 aliphatic carbocycles. The zero-order chi connectivity index (χ0) is 25.5. The van der Waals surface area contributed by atoms with Crippen LogP contribution in [-0.4, -0.2) is 36.1 Å². The molecule has 0 unspecified atom stereocenters. The number of nitrogens with zero attached hydrogens (tertiary/aromatic N) is 2. The summed E-state index contributed by atoms with van der Waals surface area (Å²) in [5.74, 6) is -0.999. The first kappa shape index (κ1) is 25.2. The number of amides is 1. The Balaban J connectivity index is 1.50. The molecule has 2 aromatic carbocycles. The van der Waals surface area contributed by atoms with Gasteiger partial charge in [0.25, 0.3) is 0 Å². The number of aromatic nitrogens is 1. The number of nitrogens with one attached hydrogen (secondary N) is 1. The molecular formula is C30H33N3O3. The summed E-state index contributed by atoms with van der Waals surface area (Å²) in [5.41, 5.74) is 5.12. The van der Waals surface area contributed by atoms with Gasteiger partial charge < -0.3 is 15.3 Å². The third kappa shape index (κ3) is 6.19. The molecule has 4 rings (SSSR count). The maximum absolute atomic E-state index is 13.6. The van der Waals surface area contributed by atoms with Crippen molar-refractivity contribution >= 4 is 29.3 Å². The van der Waals surface area contributed by atoms with Crippen LogP contribution in [0.25, 0.3) is 17.2 Å². The number of rotatable bonds is 8. The molecule has 0 bridgehead atoms. The molecule has 0 saturated heterocycles. The van der Waals surface area contributed by atoms with Crippen molar-refractivity contribution < 1.29 is 14.7 Å². The number of aliphatic carboxylic acids is 1. The van der Waals surface area contributed by atoms with E-state index in [0.717, 1.165) is 66.3 Å². The van der Waals surface area contributed by atoms with Crippen LogP contribution in [0.3, 0.4) is 0 Å². The quantitative estimate of drug-likeness (QED) is 0.382. The Morgan fingerprint density at radius 3 is 2.36 bits per heavy atom. The van der Waals surface area contributed by atoms with Crippen molar-refractivity contribution in [3.05, 3.63) is 84.2 Å². The Hall–Kier alpha value is -3.93. The molecule has 6 heteroatoms. The van der Waals surface area contributed by atoms with Crippen LogP contribution in [0.2, 0.25) is 0 Å². The first-order valence-corrected chi connectivity index (χ1v) is 12.4. The minimum atomic E-state index is -1.00. The number of carbonyl (C=O) groups is 2. The summed E-state index contributed by atoms with van der Waals surface area (Å²) < 4.78 is 0. The molecule has 0 spiro atoms. The van der Waals surface area contributed by atoms with E-state index in [1.807, 2.05) is 44.6 Å². The Morgan fingerprint density at radius 2 is 1.72 bits per heavy atom. The molecule has 186 valence electrons. The first-order chi connectivity index (χ1) is 17.3. The number of hydrogen-bond acceptors (Lipinski definition) is 4. The summed E-state index contributed by atoms with van der Waals surface area (Å²) in [6, 6.07) is 19.8. The van der Waals surface area contributed by atoms with Gasteiger partial charge in [-0.05, 0) is 60.4 Å². The van der Waals surface area contributed by atoms with E-state index in [1.54, 1.807) is 6.07 Å². The zero-order valence-corrected chi connectivity index (χ0v) is 20.9. The smallest absolute Gasteiger partial charge is 0.328 e. The fraction of sp³-hybridized carbons (Fsp3) is 0.300. The molecular weight excluding hydrogens is 450 g/mol. The van der Waals surface area contributed by atoms with E-state index in [1.165, 1.54) is 6.08 Å². The predicted octanol–water partition coefficient (Wildman–Crippen LogP) is 6.04. The Labute approximate surface area is 212 Å². The summed E-state index contributed by atoms with van der Waals surface area (Å²) in [6.45, 7) is 0. The maximum atomic E-state index is 13.6. The second kappa shape index (κ2) is 11.2. The van der Waals surface area contributed by atoms with Gasteiger partial charge in [0.2, 0.25) is 5.91 Å². The molecule has 1 amide bonds. The predicted molar refractivity (Wildman–Crippen MR) is 145 cm³/mol. The molecule has 0 aliphatic heterocycles. The first-order valence-electron chi connectivity index (χ1n) is 12.4. The maximum Gasteiger partial charge on any atom is 0.328 e. The zero-order valence-electron chi connectivity index (χ0n) is 20.9. The molecule has 0 radical (unpaired) electrons. The fourth-order valence-corrected chi connectivity index (χ4v) is 4.86. The monoisotopic (exact) mass is 483 g/mol. The van der Waals surface area contributed by atoms with Crippen molar-refractivity contribution in [3.8, 4) is 11.1 Å². The van der Waals surface area contributed by atoms with Crippen LogP contribution in [0, 0.1) is 5.41 Å². The van der Waals surface area contributed by atoms with Crippen molar-refractivity contribution in [2.75, 3.05) is 24.3 Å². The van der Waals surface area contributed by atoms with Crippen molar-refractivity contribution in [1.82, 2.24) is 4.98 Å². The van der Waals surface area contributed by atoms with Gasteiger partial charge in [0.1, 0.15) is 0 Å². The number of anilines is 2. The van der Waals surface area contributed by atoms with E-state index in [0.29, 0.717) is 12.1 Å². The molecule has 2 N–H and O–H groups in total. The molecule has 1 aromatic heterocycles. The topological polar surface area (TPSA) is 82.5 Å². The molecule has 1 aliphatic rings. The van der Waals surface area contributed by atoms with Crippen LogP contribution >= 0.6 is 0 Å². The van der Waals surface area contributed by atoms with E-state index in [2.05, 4.69) is 40.5 Å². The van der Waals surface area contributed by atoms with E-state index in [4.69, 9.17) is 10.1 Å². The van der Waals surface area contributed by atoms with Gasteiger partial charge in [-0.15, -0.1) is 0 Å². The third-order valence-corrected chi connectivity index (χ3v) is 6.92. The van der Waals surface area contributed by atoms with Gasteiger partial charge in [0, 0.05) is 55.4 Å². The second-order valence-corrected chi connectivity index (χ2v) is 9.75. The van der Waals surface area contributed by atoms with Gasteiger partial charge in [-0.25, -0.2) is 4.79 Å². The van der Waals surface area contributed by atoms with Gasteiger partial charge in [0.05, 0.1) is 5.41 Å². The third-order valence-electron chi connectivity index (χ3n) is 6.92. The molecule has 0 atom stereocenters. The summed E-state index contributed by atoms with van der Waals surface area (Å²) in [7, 11) is 4.05. The van der Waals surface area contributed by atoms with Crippen molar-refractivity contribution in [2.45, 2.75) is 38.5 Å². The molecule has 1 saturated carbocycles. The molecule has 6 nitrogen and oxygen atoms in total. The average Bonchev–Trinajstić information content (AvgIpc) is 2.89. The van der Waals surface area contributed by atoms with E-state index >= 15 is 0 Å². The standard InChI is InChI=1S/C30H33N3O3/c1-33(2)27-14-11-23(12-15-27)24-10-13-26(31-21-24)20-30(17-4-3-5-18-30)29(36)32-25-8-6-7-22(19-25)9-16-28(34)35/h6-16,19,21H,3-5,17-18,20H2,1-2H3,(H,32,36)(H,34,35)/b16-9+. The van der Waals surface area contributed by atoms with E-state index < -0.39 is 11.4 Å². The van der Waals surface area contributed by atoms with Gasteiger partial charge >= 0.3 is 5.97 Å². The number of carbonyl (C=O) groups excluding carboxylic acids is 1. The summed E-state index contributed by atoms with van der Waals surface area (Å²) in [5, 5.41) is 12.0. The van der Waals surface area contributed by atoms with Gasteiger partial charge in [-0.2, -0.15) is 0 Å². The summed E-state index contributed by atoms with van der Waals surface area (Å²) in [6.07, 6.45) is 9.93. The average molecular weight is 484 g/mol. The lowest BCUT2D eigenvalue weighted by molar-refractivity contribution is -0.131. The largest absolute Gasteiger partial charge is 0.478 e. The van der Waals surface area contributed by atoms with Crippen molar-refractivity contribution in [3.63, 3.8) is 0 Å². The fourth-order valence-electron chi connectivity index (χ4n) is 4.86. The van der Waals surface area contributed by atoms with Crippen LogP contribution < -0.4 is 10.2 Å². The number of carboxylic acid groups (broad SMARTS) is 1. The minimum Gasteiger partial charge on any atom is -0.478 e. The highest BCUT2D eigenvalue weighted by Crippen LogP contribution is 2.40. The molecule has 1 fully saturated rings. The van der Waals surface area contributed by atoms with Gasteiger partial charge in [0.15, 0.2) is 0 Å². The highest BCUT2D eigenvalue weighted by atomic mass is 16.4. The minimum absolute atomic E-state index is 0.00622. The number of carboxylic acids is 1. The Bertz CT molecular complexity index is 1230. The number of benzene rings is 2. The highest BCUT2D eigenvalue weighted by molar-refractivity contribution is 5.96. The lowest BCUT2D eigenvalue weighted by atomic mass is 9.70. The lowest BCUT2D eigenvalue weighted by Gasteiger charge is -2.35. The van der Waals surface area contributed by atoms with Gasteiger partial charge in [-0.3, -0.25) is 9.78 Å². The molecule has 1 heterocycles. The molecule has 3 aromatic rings. The SMILES string of the molecule is CN(C)c1ccc(-c2ccc(CC3(C(=O)Nc4cccc(/C=C/C(=O)O)c4)CCCCC3)nc2)cc1. The summed E-state index contributed by atoms with van der Waals surface area (Å²) in [4.78, 5) is 31.2. The van der Waals surface area contributed by atoms with E-state index in [9.17, 15) is 9.59 Å². The normalized spacial score (nSPS) is 14.9. The van der Waals surface area contributed by atoms with Crippen LogP contribution in [0.1, 0.15) is 43.4 Å².